The molecule has 4 nitrogen and oxygen atoms in total. The Morgan fingerprint density at radius 1 is 1.41 bits per heavy atom. The van der Waals surface area contributed by atoms with Gasteiger partial charge in [0.25, 0.3) is 0 Å². The zero-order valence-corrected chi connectivity index (χ0v) is 11.1. The maximum atomic E-state index is 6.09. The molecule has 1 aliphatic carbocycles. The zero-order chi connectivity index (χ0) is 12.0. The van der Waals surface area contributed by atoms with Gasteiger partial charge in [-0.15, -0.1) is 0 Å². The number of fused-ring (bicyclic) bond motifs is 1. The van der Waals surface area contributed by atoms with Gasteiger partial charge in [-0.25, -0.2) is 0 Å². The molecule has 1 saturated carbocycles. The summed E-state index contributed by atoms with van der Waals surface area (Å²) in [6.07, 6.45) is 5.73. The lowest BCUT2D eigenvalue weighted by Gasteiger charge is -2.30. The number of rotatable bonds is 1. The van der Waals surface area contributed by atoms with Crippen molar-refractivity contribution in [3.63, 3.8) is 0 Å². The van der Waals surface area contributed by atoms with Gasteiger partial charge < -0.3 is 20.2 Å². The third kappa shape index (κ3) is 1.81. The Bertz CT molecular complexity index is 475. The highest BCUT2D eigenvalue weighted by atomic mass is 32.1. The van der Waals surface area contributed by atoms with Crippen LogP contribution >= 0.6 is 12.2 Å². The second-order valence-electron chi connectivity index (χ2n) is 5.35. The number of nitrogens with two attached hydrogens (primary N) is 1. The van der Waals surface area contributed by atoms with Gasteiger partial charge >= 0.3 is 0 Å². The average molecular weight is 252 g/mol. The van der Waals surface area contributed by atoms with E-state index in [1.54, 1.807) is 0 Å². The maximum absolute atomic E-state index is 6.09. The summed E-state index contributed by atoms with van der Waals surface area (Å²) < 4.78 is 3.19. The van der Waals surface area contributed by atoms with Crippen molar-refractivity contribution < 1.29 is 0 Å². The summed E-state index contributed by atoms with van der Waals surface area (Å²) >= 11 is 5.47. The van der Waals surface area contributed by atoms with E-state index < -0.39 is 0 Å². The highest BCUT2D eigenvalue weighted by molar-refractivity contribution is 7.71. The molecular formula is C12H20N4S. The number of aromatic amines is 1. The van der Waals surface area contributed by atoms with Crippen molar-refractivity contribution in [1.82, 2.24) is 9.55 Å². The fourth-order valence-electron chi connectivity index (χ4n) is 3.23. The summed E-state index contributed by atoms with van der Waals surface area (Å²) in [6.45, 7) is 1.09. The number of hydrogen-bond acceptors (Lipinski definition) is 3. The molecule has 0 amide bonds. The average Bonchev–Trinajstić information content (AvgIpc) is 2.78. The number of hydrogen-bond donors (Lipinski definition) is 2. The highest BCUT2D eigenvalue weighted by Crippen LogP contribution is 2.35. The van der Waals surface area contributed by atoms with Crippen LogP contribution in [0.1, 0.15) is 37.4 Å². The van der Waals surface area contributed by atoms with Crippen molar-refractivity contribution in [1.29, 1.82) is 0 Å². The molecule has 17 heavy (non-hydrogen) atoms. The van der Waals surface area contributed by atoms with Gasteiger partial charge in [-0.3, -0.25) is 0 Å². The molecule has 3 N–H and O–H groups in total. The molecule has 2 heterocycles. The largest absolute Gasteiger partial charge is 0.359 e. The Hall–Kier alpha value is -0.810. The molecule has 2 atom stereocenters. The molecule has 1 aliphatic heterocycles. The molecule has 0 radical (unpaired) electrons. The first-order valence-corrected chi connectivity index (χ1v) is 6.87. The normalized spacial score (nSPS) is 28.5. The van der Waals surface area contributed by atoms with Crippen LogP contribution in [0, 0.1) is 4.77 Å². The lowest BCUT2D eigenvalue weighted by atomic mass is 9.91. The quantitative estimate of drug-likeness (QED) is 0.751. The van der Waals surface area contributed by atoms with E-state index in [0.717, 1.165) is 30.6 Å². The second kappa shape index (κ2) is 4.14. The van der Waals surface area contributed by atoms with Crippen molar-refractivity contribution in [3.05, 3.63) is 10.5 Å². The highest BCUT2D eigenvalue weighted by Gasteiger charge is 2.28. The van der Waals surface area contributed by atoms with Crippen LogP contribution in [0.5, 0.6) is 0 Å². The molecule has 1 aromatic heterocycles. The standard InChI is InChI=1S/C12H20N4S/c1-15-6-5-10-11(15)16(12(17)14-10)9-4-2-3-8(13)7-9/h8-9H,2-7,13H2,1H3,(H,14,17). The topological polar surface area (TPSA) is 50.0 Å². The van der Waals surface area contributed by atoms with E-state index in [-0.39, 0.29) is 0 Å². The Morgan fingerprint density at radius 2 is 2.24 bits per heavy atom. The van der Waals surface area contributed by atoms with E-state index in [1.807, 2.05) is 0 Å². The first kappa shape index (κ1) is 11.3. The fourth-order valence-corrected chi connectivity index (χ4v) is 3.59. The number of imidazole rings is 1. The van der Waals surface area contributed by atoms with Gasteiger partial charge in [-0.2, -0.15) is 0 Å². The van der Waals surface area contributed by atoms with E-state index in [4.69, 9.17) is 18.0 Å². The van der Waals surface area contributed by atoms with Crippen LogP contribution in [0.25, 0.3) is 0 Å². The first-order valence-electron chi connectivity index (χ1n) is 6.47. The number of aromatic nitrogens is 2. The molecular weight excluding hydrogens is 232 g/mol. The summed E-state index contributed by atoms with van der Waals surface area (Å²) in [6, 6.07) is 0.833. The lowest BCUT2D eigenvalue weighted by Crippen LogP contribution is -2.30. The third-order valence-electron chi connectivity index (χ3n) is 4.09. The number of H-pyrrole nitrogens is 1. The van der Waals surface area contributed by atoms with Gasteiger partial charge in [0.1, 0.15) is 5.82 Å². The first-order chi connectivity index (χ1) is 8.16. The van der Waals surface area contributed by atoms with Gasteiger partial charge in [0, 0.05) is 32.1 Å². The fraction of sp³-hybridized carbons (Fsp3) is 0.750. The molecule has 2 aliphatic rings. The van der Waals surface area contributed by atoms with Crippen molar-refractivity contribution >= 4 is 18.0 Å². The predicted molar refractivity (Wildman–Crippen MR) is 72.1 cm³/mol. The second-order valence-corrected chi connectivity index (χ2v) is 5.74. The molecule has 0 saturated heterocycles. The number of nitrogens with one attached hydrogen (secondary N) is 1. The molecule has 94 valence electrons. The van der Waals surface area contributed by atoms with Crippen LogP contribution in [0.3, 0.4) is 0 Å². The molecule has 3 rings (SSSR count). The number of anilines is 1. The van der Waals surface area contributed by atoms with Gasteiger partial charge in [0.05, 0.1) is 5.69 Å². The lowest BCUT2D eigenvalue weighted by molar-refractivity contribution is 0.319. The van der Waals surface area contributed by atoms with Gasteiger partial charge in [-0.1, -0.05) is 0 Å². The van der Waals surface area contributed by atoms with Crippen molar-refractivity contribution in [2.75, 3.05) is 18.5 Å². The maximum Gasteiger partial charge on any atom is 0.179 e. The summed E-state index contributed by atoms with van der Waals surface area (Å²) in [5.74, 6) is 1.30. The smallest absolute Gasteiger partial charge is 0.179 e. The van der Waals surface area contributed by atoms with E-state index in [2.05, 4.69) is 21.5 Å². The monoisotopic (exact) mass is 252 g/mol. The van der Waals surface area contributed by atoms with Crippen LogP contribution in [-0.2, 0) is 6.42 Å². The van der Waals surface area contributed by atoms with Crippen LogP contribution in [0.4, 0.5) is 5.82 Å². The molecule has 5 heteroatoms. The zero-order valence-electron chi connectivity index (χ0n) is 10.3. The van der Waals surface area contributed by atoms with Crippen molar-refractivity contribution in [3.8, 4) is 0 Å². The Labute approximate surface area is 107 Å². The van der Waals surface area contributed by atoms with Crippen LogP contribution < -0.4 is 10.6 Å². The number of nitrogens with zero attached hydrogens (tertiary/aromatic N) is 2. The minimum atomic E-state index is 0.341. The summed E-state index contributed by atoms with van der Waals surface area (Å²) in [5.41, 5.74) is 7.39. The molecule has 2 unspecified atom stereocenters. The summed E-state index contributed by atoms with van der Waals surface area (Å²) in [7, 11) is 2.15. The van der Waals surface area contributed by atoms with Crippen molar-refractivity contribution in [2.24, 2.45) is 5.73 Å². The molecule has 1 aromatic rings. The SMILES string of the molecule is CN1CCc2[nH]c(=S)n(C3CCCC(N)C3)c21. The van der Waals surface area contributed by atoms with Crippen LogP contribution in [0.15, 0.2) is 0 Å². The van der Waals surface area contributed by atoms with E-state index in [1.165, 1.54) is 24.4 Å². The molecule has 1 fully saturated rings. The third-order valence-corrected chi connectivity index (χ3v) is 4.38. The minimum Gasteiger partial charge on any atom is -0.359 e. The minimum absolute atomic E-state index is 0.341. The predicted octanol–water partition coefficient (Wildman–Crippen LogP) is 1.98. The molecule has 0 bridgehead atoms. The summed E-state index contributed by atoms with van der Waals surface area (Å²) in [4.78, 5) is 5.67. The Balaban J connectivity index is 2.00. The van der Waals surface area contributed by atoms with Gasteiger partial charge in [-0.05, 0) is 37.9 Å². The van der Waals surface area contributed by atoms with Crippen LogP contribution in [-0.4, -0.2) is 29.2 Å². The Morgan fingerprint density at radius 3 is 3.00 bits per heavy atom. The molecule has 0 spiro atoms. The van der Waals surface area contributed by atoms with E-state index >= 15 is 0 Å². The van der Waals surface area contributed by atoms with E-state index in [9.17, 15) is 0 Å². The summed E-state index contributed by atoms with van der Waals surface area (Å²) in [5, 5.41) is 0. The number of likely N-dealkylation sites (N-methyl/N-ethyl adjacent to an activating group) is 1. The van der Waals surface area contributed by atoms with E-state index in [0.29, 0.717) is 12.1 Å². The van der Waals surface area contributed by atoms with Crippen molar-refractivity contribution in [2.45, 2.75) is 44.2 Å². The van der Waals surface area contributed by atoms with Crippen LogP contribution in [0.2, 0.25) is 0 Å². The van der Waals surface area contributed by atoms with Gasteiger partial charge in [0.2, 0.25) is 0 Å². The Kier molecular flexibility index (Phi) is 2.75. The van der Waals surface area contributed by atoms with Gasteiger partial charge in [0.15, 0.2) is 4.77 Å². The molecule has 0 aromatic carbocycles.